The van der Waals surface area contributed by atoms with E-state index in [1.54, 1.807) is 20.8 Å². The summed E-state index contributed by atoms with van der Waals surface area (Å²) in [7, 11) is 0. The summed E-state index contributed by atoms with van der Waals surface area (Å²) in [5, 5.41) is 11.9. The molecule has 108 valence electrons. The molecule has 5 nitrogen and oxygen atoms in total. The summed E-state index contributed by atoms with van der Waals surface area (Å²) in [5.41, 5.74) is -1.72. The maximum Gasteiger partial charge on any atom is 0.408 e. The van der Waals surface area contributed by atoms with Crippen LogP contribution in [0.2, 0.25) is 0 Å². The molecule has 2 fully saturated rings. The standard InChI is InChI=1S/C14H23NO4/c1-13(2,3)19-12(18)15-14(11(16)17)7-10(8-14)9-5-4-6-9/h9-10H,4-8H2,1-3H3,(H,15,18)(H,16,17). The van der Waals surface area contributed by atoms with Crippen molar-refractivity contribution in [2.75, 3.05) is 0 Å². The molecule has 0 heterocycles. The molecule has 0 atom stereocenters. The van der Waals surface area contributed by atoms with Crippen LogP contribution in [0.25, 0.3) is 0 Å². The van der Waals surface area contributed by atoms with E-state index in [2.05, 4.69) is 5.32 Å². The SMILES string of the molecule is CC(C)(C)OC(=O)NC1(C(=O)O)CC(C2CCC2)C1. The Morgan fingerprint density at radius 3 is 2.16 bits per heavy atom. The van der Waals surface area contributed by atoms with Crippen LogP contribution in [0, 0.1) is 11.8 Å². The molecule has 5 heteroatoms. The normalized spacial score (nSPS) is 31.0. The predicted octanol–water partition coefficient (Wildman–Crippen LogP) is 2.54. The molecule has 0 aromatic heterocycles. The molecule has 2 rings (SSSR count). The molecule has 1 amide bonds. The van der Waals surface area contributed by atoms with Crippen LogP contribution in [0.15, 0.2) is 0 Å². The lowest BCUT2D eigenvalue weighted by molar-refractivity contribution is -0.153. The van der Waals surface area contributed by atoms with Gasteiger partial charge in [0, 0.05) is 0 Å². The molecule has 0 spiro atoms. The van der Waals surface area contributed by atoms with Gasteiger partial charge in [0.25, 0.3) is 0 Å². The smallest absolute Gasteiger partial charge is 0.408 e. The Labute approximate surface area is 113 Å². The number of nitrogens with one attached hydrogen (secondary N) is 1. The molecule has 0 bridgehead atoms. The highest BCUT2D eigenvalue weighted by molar-refractivity contribution is 5.85. The van der Waals surface area contributed by atoms with Gasteiger partial charge in [-0.3, -0.25) is 0 Å². The van der Waals surface area contributed by atoms with E-state index in [1.807, 2.05) is 0 Å². The monoisotopic (exact) mass is 269 g/mol. The Morgan fingerprint density at radius 2 is 1.79 bits per heavy atom. The number of rotatable bonds is 3. The van der Waals surface area contributed by atoms with E-state index < -0.39 is 23.2 Å². The molecule has 0 radical (unpaired) electrons. The lowest BCUT2D eigenvalue weighted by Gasteiger charge is -2.50. The van der Waals surface area contributed by atoms with Crippen LogP contribution >= 0.6 is 0 Å². The fourth-order valence-electron chi connectivity index (χ4n) is 2.91. The summed E-state index contributed by atoms with van der Waals surface area (Å²) in [5.74, 6) is 0.154. The first-order chi connectivity index (χ1) is 8.72. The first-order valence-electron chi connectivity index (χ1n) is 6.96. The van der Waals surface area contributed by atoms with Gasteiger partial charge in [0.1, 0.15) is 11.1 Å². The van der Waals surface area contributed by atoms with Gasteiger partial charge < -0.3 is 15.2 Å². The molecule has 19 heavy (non-hydrogen) atoms. The number of ether oxygens (including phenoxy) is 1. The summed E-state index contributed by atoms with van der Waals surface area (Å²) in [4.78, 5) is 23.1. The number of hydrogen-bond donors (Lipinski definition) is 2. The van der Waals surface area contributed by atoms with Crippen molar-refractivity contribution in [3.05, 3.63) is 0 Å². The van der Waals surface area contributed by atoms with Crippen LogP contribution in [0.5, 0.6) is 0 Å². The first kappa shape index (κ1) is 14.2. The van der Waals surface area contributed by atoms with E-state index in [0.29, 0.717) is 24.7 Å². The molecule has 2 saturated carbocycles. The highest BCUT2D eigenvalue weighted by Crippen LogP contribution is 2.49. The third kappa shape index (κ3) is 3.01. The van der Waals surface area contributed by atoms with Crippen LogP contribution in [0.4, 0.5) is 4.79 Å². The molecule has 0 aromatic rings. The minimum Gasteiger partial charge on any atom is -0.480 e. The Bertz CT molecular complexity index is 375. The van der Waals surface area contributed by atoms with Gasteiger partial charge in [0.15, 0.2) is 0 Å². The van der Waals surface area contributed by atoms with Crippen molar-refractivity contribution in [3.8, 4) is 0 Å². The molecular weight excluding hydrogens is 246 g/mol. The number of carboxylic acid groups (broad SMARTS) is 1. The molecule has 2 aliphatic carbocycles. The molecule has 2 aliphatic rings. The van der Waals surface area contributed by atoms with Crippen molar-refractivity contribution in [1.82, 2.24) is 5.32 Å². The second-order valence-corrected chi connectivity index (χ2v) is 6.87. The number of carbonyl (C=O) groups is 2. The summed E-state index contributed by atoms with van der Waals surface area (Å²) < 4.78 is 5.14. The number of carboxylic acids is 1. The molecular formula is C14H23NO4. The van der Waals surface area contributed by atoms with Crippen LogP contribution in [0.3, 0.4) is 0 Å². The van der Waals surface area contributed by atoms with E-state index in [0.717, 1.165) is 0 Å². The summed E-state index contributed by atoms with van der Waals surface area (Å²) in [6, 6.07) is 0. The zero-order valence-electron chi connectivity index (χ0n) is 11.9. The zero-order chi connectivity index (χ0) is 14.3. The molecule has 0 unspecified atom stereocenters. The van der Waals surface area contributed by atoms with Gasteiger partial charge in [-0.2, -0.15) is 0 Å². The Balaban J connectivity index is 1.91. The lowest BCUT2D eigenvalue weighted by atomic mass is 9.58. The van der Waals surface area contributed by atoms with Crippen molar-refractivity contribution in [1.29, 1.82) is 0 Å². The average molecular weight is 269 g/mol. The first-order valence-corrected chi connectivity index (χ1v) is 6.96. The highest BCUT2D eigenvalue weighted by atomic mass is 16.6. The van der Waals surface area contributed by atoms with Gasteiger partial charge in [-0.1, -0.05) is 19.3 Å². The quantitative estimate of drug-likeness (QED) is 0.825. The zero-order valence-corrected chi connectivity index (χ0v) is 11.9. The van der Waals surface area contributed by atoms with Crippen molar-refractivity contribution < 1.29 is 19.4 Å². The van der Waals surface area contributed by atoms with Gasteiger partial charge in [0.2, 0.25) is 0 Å². The van der Waals surface area contributed by atoms with E-state index in [9.17, 15) is 14.7 Å². The highest BCUT2D eigenvalue weighted by Gasteiger charge is 2.54. The van der Waals surface area contributed by atoms with Crippen LogP contribution in [-0.4, -0.2) is 28.3 Å². The maximum atomic E-state index is 11.7. The minimum absolute atomic E-state index is 0.444. The van der Waals surface area contributed by atoms with Gasteiger partial charge in [-0.15, -0.1) is 0 Å². The van der Waals surface area contributed by atoms with Crippen molar-refractivity contribution in [2.45, 2.75) is 64.0 Å². The average Bonchev–Trinajstić information content (AvgIpc) is 2.06. The van der Waals surface area contributed by atoms with Gasteiger partial charge in [-0.25, -0.2) is 9.59 Å². The number of alkyl carbamates (subject to hydrolysis) is 1. The topological polar surface area (TPSA) is 75.6 Å². The third-order valence-corrected chi connectivity index (χ3v) is 4.19. The fourth-order valence-corrected chi connectivity index (χ4v) is 2.91. The second-order valence-electron chi connectivity index (χ2n) is 6.87. The van der Waals surface area contributed by atoms with Crippen LogP contribution < -0.4 is 5.32 Å². The Hall–Kier alpha value is -1.26. The van der Waals surface area contributed by atoms with Gasteiger partial charge in [-0.05, 0) is 45.4 Å². The number of aliphatic carboxylic acids is 1. The number of carbonyl (C=O) groups excluding carboxylic acids is 1. The fraction of sp³-hybridized carbons (Fsp3) is 0.857. The lowest BCUT2D eigenvalue weighted by Crippen LogP contribution is -2.64. The summed E-state index contributed by atoms with van der Waals surface area (Å²) in [6.45, 7) is 5.29. The van der Waals surface area contributed by atoms with Crippen molar-refractivity contribution in [3.63, 3.8) is 0 Å². The summed E-state index contributed by atoms with van der Waals surface area (Å²) >= 11 is 0. The Kier molecular flexibility index (Phi) is 3.49. The van der Waals surface area contributed by atoms with Crippen LogP contribution in [0.1, 0.15) is 52.9 Å². The Morgan fingerprint density at radius 1 is 1.21 bits per heavy atom. The van der Waals surface area contributed by atoms with E-state index in [-0.39, 0.29) is 0 Å². The van der Waals surface area contributed by atoms with Crippen molar-refractivity contribution >= 4 is 12.1 Å². The third-order valence-electron chi connectivity index (χ3n) is 4.19. The number of amides is 1. The van der Waals surface area contributed by atoms with Crippen molar-refractivity contribution in [2.24, 2.45) is 11.8 Å². The molecule has 0 aromatic carbocycles. The predicted molar refractivity (Wildman–Crippen MR) is 69.8 cm³/mol. The maximum absolute atomic E-state index is 11.7. The van der Waals surface area contributed by atoms with Gasteiger partial charge >= 0.3 is 12.1 Å². The second kappa shape index (κ2) is 4.69. The molecule has 0 saturated heterocycles. The minimum atomic E-state index is -1.11. The number of hydrogen-bond acceptors (Lipinski definition) is 3. The molecule has 2 N–H and O–H groups in total. The largest absolute Gasteiger partial charge is 0.480 e. The molecule has 0 aliphatic heterocycles. The van der Waals surface area contributed by atoms with E-state index in [1.165, 1.54) is 19.3 Å². The van der Waals surface area contributed by atoms with E-state index in [4.69, 9.17) is 4.74 Å². The summed E-state index contributed by atoms with van der Waals surface area (Å²) in [6.07, 6.45) is 4.08. The van der Waals surface area contributed by atoms with Gasteiger partial charge in [0.05, 0.1) is 0 Å². The van der Waals surface area contributed by atoms with Crippen LogP contribution in [-0.2, 0) is 9.53 Å². The van der Waals surface area contributed by atoms with E-state index >= 15 is 0 Å².